The fourth-order valence-corrected chi connectivity index (χ4v) is 1.87. The van der Waals surface area contributed by atoms with Crippen molar-refractivity contribution < 1.29 is 5.11 Å². The van der Waals surface area contributed by atoms with Crippen LogP contribution in [0, 0.1) is 5.92 Å². The number of hydrogen-bond donors (Lipinski definition) is 2. The van der Waals surface area contributed by atoms with Gasteiger partial charge in [-0.25, -0.2) is 9.97 Å². The molecule has 1 unspecified atom stereocenters. The summed E-state index contributed by atoms with van der Waals surface area (Å²) in [6.45, 7) is 4.39. The number of rotatable bonds is 6. The molecular weight excluding hydrogens is 222 g/mol. The molecule has 1 rings (SSSR count). The third-order valence-electron chi connectivity index (χ3n) is 2.18. The van der Waals surface area contributed by atoms with Crippen molar-refractivity contribution in [2.24, 2.45) is 5.92 Å². The van der Waals surface area contributed by atoms with E-state index >= 15 is 0 Å². The molecule has 0 saturated heterocycles. The predicted molar refractivity (Wildman–Crippen MR) is 67.8 cm³/mol. The first-order chi connectivity index (χ1) is 7.65. The molecule has 0 aliphatic rings. The van der Waals surface area contributed by atoms with E-state index in [1.165, 1.54) is 6.33 Å². The summed E-state index contributed by atoms with van der Waals surface area (Å²) >= 11 is 1.58. The molecule has 0 amide bonds. The Morgan fingerprint density at radius 1 is 1.44 bits per heavy atom. The van der Waals surface area contributed by atoms with Gasteiger partial charge in [-0.3, -0.25) is 0 Å². The summed E-state index contributed by atoms with van der Waals surface area (Å²) in [5.74, 6) is 1.32. The molecule has 0 aliphatic heterocycles. The molecule has 0 spiro atoms. The maximum atomic E-state index is 9.25. The van der Waals surface area contributed by atoms with Crippen molar-refractivity contribution in [2.75, 3.05) is 18.2 Å². The second-order valence-electron chi connectivity index (χ2n) is 4.10. The zero-order valence-electron chi connectivity index (χ0n) is 9.97. The van der Waals surface area contributed by atoms with Crippen molar-refractivity contribution in [3.8, 4) is 0 Å². The topological polar surface area (TPSA) is 58.0 Å². The molecule has 16 heavy (non-hydrogen) atoms. The molecule has 0 bridgehead atoms. The molecule has 5 heteroatoms. The van der Waals surface area contributed by atoms with E-state index in [1.54, 1.807) is 11.8 Å². The number of thioether (sulfide) groups is 1. The standard InChI is InChI=1S/C11H19N3OS/c1-8(2)4-9(6-15)14-10-5-11(16-3)13-7-12-10/h5,7-9,15H,4,6H2,1-3H3,(H,12,13,14). The molecule has 0 aliphatic carbocycles. The van der Waals surface area contributed by atoms with E-state index in [0.717, 1.165) is 17.3 Å². The van der Waals surface area contributed by atoms with E-state index in [1.807, 2.05) is 12.3 Å². The Balaban J connectivity index is 2.62. The van der Waals surface area contributed by atoms with Gasteiger partial charge in [0.25, 0.3) is 0 Å². The molecule has 0 radical (unpaired) electrons. The maximum Gasteiger partial charge on any atom is 0.130 e. The Morgan fingerprint density at radius 3 is 2.75 bits per heavy atom. The van der Waals surface area contributed by atoms with E-state index in [4.69, 9.17) is 0 Å². The molecule has 4 nitrogen and oxygen atoms in total. The van der Waals surface area contributed by atoms with Gasteiger partial charge in [-0.15, -0.1) is 11.8 Å². The van der Waals surface area contributed by atoms with E-state index in [2.05, 4.69) is 29.1 Å². The van der Waals surface area contributed by atoms with Crippen LogP contribution in [0.1, 0.15) is 20.3 Å². The highest BCUT2D eigenvalue weighted by Gasteiger charge is 2.10. The maximum absolute atomic E-state index is 9.25. The van der Waals surface area contributed by atoms with Crippen LogP contribution in [0.25, 0.3) is 0 Å². The van der Waals surface area contributed by atoms with E-state index in [0.29, 0.717) is 5.92 Å². The van der Waals surface area contributed by atoms with Gasteiger partial charge in [0.05, 0.1) is 12.6 Å². The van der Waals surface area contributed by atoms with Crippen molar-refractivity contribution in [2.45, 2.75) is 31.3 Å². The van der Waals surface area contributed by atoms with Crippen LogP contribution in [0.3, 0.4) is 0 Å². The SMILES string of the molecule is CSc1cc(NC(CO)CC(C)C)ncn1. The molecule has 1 heterocycles. The lowest BCUT2D eigenvalue weighted by Gasteiger charge is -2.18. The average Bonchev–Trinajstić information content (AvgIpc) is 2.28. The van der Waals surface area contributed by atoms with Crippen LogP contribution in [0.15, 0.2) is 17.4 Å². The third kappa shape index (κ3) is 4.37. The number of aliphatic hydroxyl groups excluding tert-OH is 1. The Bertz CT molecular complexity index is 320. The minimum Gasteiger partial charge on any atom is -0.394 e. The molecule has 0 saturated carbocycles. The average molecular weight is 241 g/mol. The van der Waals surface area contributed by atoms with Crippen molar-refractivity contribution in [3.05, 3.63) is 12.4 Å². The van der Waals surface area contributed by atoms with Crippen LogP contribution in [-0.4, -0.2) is 34.0 Å². The van der Waals surface area contributed by atoms with Gasteiger partial charge in [0.2, 0.25) is 0 Å². The number of aliphatic hydroxyl groups is 1. The third-order valence-corrected chi connectivity index (χ3v) is 2.82. The van der Waals surface area contributed by atoms with Crippen LogP contribution in [0.2, 0.25) is 0 Å². The van der Waals surface area contributed by atoms with Crippen molar-refractivity contribution in [1.82, 2.24) is 9.97 Å². The number of nitrogens with one attached hydrogen (secondary N) is 1. The lowest BCUT2D eigenvalue weighted by Crippen LogP contribution is -2.26. The second-order valence-corrected chi connectivity index (χ2v) is 4.93. The summed E-state index contributed by atoms with van der Waals surface area (Å²) in [5, 5.41) is 13.4. The summed E-state index contributed by atoms with van der Waals surface area (Å²) in [7, 11) is 0. The molecule has 2 N–H and O–H groups in total. The lowest BCUT2D eigenvalue weighted by molar-refractivity contribution is 0.259. The monoisotopic (exact) mass is 241 g/mol. The number of aromatic nitrogens is 2. The van der Waals surface area contributed by atoms with E-state index < -0.39 is 0 Å². The van der Waals surface area contributed by atoms with Gasteiger partial charge in [0.1, 0.15) is 17.2 Å². The van der Waals surface area contributed by atoms with Gasteiger partial charge in [-0.2, -0.15) is 0 Å². The molecular formula is C11H19N3OS. The van der Waals surface area contributed by atoms with Crippen LogP contribution < -0.4 is 5.32 Å². The number of anilines is 1. The fourth-order valence-electron chi connectivity index (χ4n) is 1.49. The van der Waals surface area contributed by atoms with Crippen molar-refractivity contribution in [1.29, 1.82) is 0 Å². The molecule has 1 atom stereocenters. The van der Waals surface area contributed by atoms with Crippen LogP contribution in [0.4, 0.5) is 5.82 Å². The Kier molecular flexibility index (Phi) is 5.55. The van der Waals surface area contributed by atoms with Gasteiger partial charge >= 0.3 is 0 Å². The molecule has 1 aromatic rings. The summed E-state index contributed by atoms with van der Waals surface area (Å²) in [5.41, 5.74) is 0. The van der Waals surface area contributed by atoms with Gasteiger partial charge in [-0.05, 0) is 18.6 Å². The van der Waals surface area contributed by atoms with Crippen LogP contribution >= 0.6 is 11.8 Å². The second kappa shape index (κ2) is 6.70. The first-order valence-electron chi connectivity index (χ1n) is 5.39. The number of nitrogens with zero attached hydrogens (tertiary/aromatic N) is 2. The Hall–Kier alpha value is -0.810. The highest BCUT2D eigenvalue weighted by Crippen LogP contribution is 2.16. The predicted octanol–water partition coefficient (Wildman–Crippen LogP) is 2.02. The van der Waals surface area contributed by atoms with Gasteiger partial charge in [0.15, 0.2) is 0 Å². The highest BCUT2D eigenvalue weighted by molar-refractivity contribution is 7.98. The molecule has 1 aromatic heterocycles. The van der Waals surface area contributed by atoms with Gasteiger partial charge in [-0.1, -0.05) is 13.8 Å². The summed E-state index contributed by atoms with van der Waals surface area (Å²) < 4.78 is 0. The summed E-state index contributed by atoms with van der Waals surface area (Å²) in [6.07, 6.45) is 4.44. The smallest absolute Gasteiger partial charge is 0.130 e. The minimum atomic E-state index is 0.0598. The van der Waals surface area contributed by atoms with E-state index in [-0.39, 0.29) is 12.6 Å². The van der Waals surface area contributed by atoms with Gasteiger partial charge in [0, 0.05) is 6.07 Å². The highest BCUT2D eigenvalue weighted by atomic mass is 32.2. The molecule has 0 fully saturated rings. The zero-order chi connectivity index (χ0) is 12.0. The normalized spacial score (nSPS) is 12.8. The zero-order valence-corrected chi connectivity index (χ0v) is 10.8. The molecule has 90 valence electrons. The quantitative estimate of drug-likeness (QED) is 0.589. The minimum absolute atomic E-state index is 0.0598. The summed E-state index contributed by atoms with van der Waals surface area (Å²) in [4.78, 5) is 8.24. The van der Waals surface area contributed by atoms with Crippen molar-refractivity contribution in [3.63, 3.8) is 0 Å². The Labute approximate surface area is 101 Å². The van der Waals surface area contributed by atoms with E-state index in [9.17, 15) is 5.11 Å². The number of hydrogen-bond acceptors (Lipinski definition) is 5. The largest absolute Gasteiger partial charge is 0.394 e. The van der Waals surface area contributed by atoms with Crippen LogP contribution in [0.5, 0.6) is 0 Å². The summed E-state index contributed by atoms with van der Waals surface area (Å²) in [6, 6.07) is 1.96. The Morgan fingerprint density at radius 2 is 2.19 bits per heavy atom. The molecule has 0 aromatic carbocycles. The van der Waals surface area contributed by atoms with Gasteiger partial charge < -0.3 is 10.4 Å². The first kappa shape index (κ1) is 13.3. The lowest BCUT2D eigenvalue weighted by atomic mass is 10.0. The fraction of sp³-hybridized carbons (Fsp3) is 0.636. The van der Waals surface area contributed by atoms with Crippen molar-refractivity contribution >= 4 is 17.6 Å². The first-order valence-corrected chi connectivity index (χ1v) is 6.61. The van der Waals surface area contributed by atoms with Crippen LogP contribution in [-0.2, 0) is 0 Å².